The first kappa shape index (κ1) is 15.4. The molecule has 20 heavy (non-hydrogen) atoms. The van der Waals surface area contributed by atoms with Crippen LogP contribution in [-0.4, -0.2) is 30.3 Å². The quantitative estimate of drug-likeness (QED) is 0.877. The van der Waals surface area contributed by atoms with Gasteiger partial charge in [0.05, 0.1) is 0 Å². The first-order chi connectivity index (χ1) is 9.58. The Labute approximate surface area is 128 Å². The Morgan fingerprint density at radius 1 is 1.30 bits per heavy atom. The number of benzene rings is 1. The summed E-state index contributed by atoms with van der Waals surface area (Å²) in [5.74, 6) is 0.411. The lowest BCUT2D eigenvalue weighted by molar-refractivity contribution is -0.124. The second kappa shape index (κ2) is 7.16. The smallest absolute Gasteiger partial charge is 0.258 e. The van der Waals surface area contributed by atoms with Crippen molar-refractivity contribution in [1.29, 1.82) is 0 Å². The maximum atomic E-state index is 11.8. The number of aliphatic hydroxyl groups is 1. The number of nitrogens with one attached hydrogen (secondary N) is 1. The Kier molecular flexibility index (Phi) is 5.52. The molecule has 2 N–H and O–H groups in total. The molecule has 0 saturated heterocycles. The number of halogens is 2. The van der Waals surface area contributed by atoms with E-state index in [0.717, 1.165) is 19.3 Å². The fraction of sp³-hybridized carbons (Fsp3) is 0.500. The molecule has 2 atom stereocenters. The zero-order valence-corrected chi connectivity index (χ0v) is 12.5. The third kappa shape index (κ3) is 4.27. The molecule has 0 aliphatic heterocycles. The Morgan fingerprint density at radius 2 is 2.00 bits per heavy atom. The number of aliphatic hydroxyl groups excluding tert-OH is 1. The van der Waals surface area contributed by atoms with Crippen LogP contribution in [0.5, 0.6) is 5.75 Å². The Morgan fingerprint density at radius 3 is 2.65 bits per heavy atom. The van der Waals surface area contributed by atoms with E-state index in [-0.39, 0.29) is 31.1 Å². The molecule has 1 saturated carbocycles. The van der Waals surface area contributed by atoms with Crippen LogP contribution >= 0.6 is 23.2 Å². The summed E-state index contributed by atoms with van der Waals surface area (Å²) in [6.45, 7) is 0.0149. The van der Waals surface area contributed by atoms with Crippen molar-refractivity contribution in [3.8, 4) is 5.75 Å². The summed E-state index contributed by atoms with van der Waals surface area (Å²) >= 11 is 11.7. The maximum absolute atomic E-state index is 11.8. The van der Waals surface area contributed by atoms with Gasteiger partial charge in [-0.05, 0) is 31.0 Å². The van der Waals surface area contributed by atoms with Gasteiger partial charge in [-0.2, -0.15) is 0 Å². The van der Waals surface area contributed by atoms with Gasteiger partial charge in [0.1, 0.15) is 5.75 Å². The molecular formula is C14H17Cl2NO3. The van der Waals surface area contributed by atoms with Crippen LogP contribution in [0.1, 0.15) is 19.3 Å². The SMILES string of the molecule is O=C(COc1cc(Cl)cc(Cl)c1)NC1CCCC1CO. The summed E-state index contributed by atoms with van der Waals surface area (Å²) in [4.78, 5) is 11.8. The number of carbonyl (C=O) groups excluding carboxylic acids is 1. The van der Waals surface area contributed by atoms with Crippen LogP contribution in [0.4, 0.5) is 0 Å². The standard InChI is InChI=1S/C14H17Cl2NO3/c15-10-4-11(16)6-12(5-10)20-8-14(19)17-13-3-1-2-9(13)7-18/h4-6,9,13,18H,1-3,7-8H2,(H,17,19). The van der Waals surface area contributed by atoms with Gasteiger partial charge in [0.2, 0.25) is 0 Å². The van der Waals surface area contributed by atoms with Crippen LogP contribution < -0.4 is 10.1 Å². The number of hydrogen-bond donors (Lipinski definition) is 2. The fourth-order valence-electron chi connectivity index (χ4n) is 2.45. The predicted molar refractivity (Wildman–Crippen MR) is 78.3 cm³/mol. The fourth-order valence-corrected chi connectivity index (χ4v) is 2.96. The Hall–Kier alpha value is -0.970. The molecule has 0 spiro atoms. The Balaban J connectivity index is 1.83. The molecule has 0 heterocycles. The van der Waals surface area contributed by atoms with E-state index in [1.54, 1.807) is 18.2 Å². The van der Waals surface area contributed by atoms with Gasteiger partial charge in [0, 0.05) is 28.6 Å². The van der Waals surface area contributed by atoms with Crippen LogP contribution in [-0.2, 0) is 4.79 Å². The molecule has 0 bridgehead atoms. The molecule has 110 valence electrons. The van der Waals surface area contributed by atoms with Crippen LogP contribution in [0.15, 0.2) is 18.2 Å². The van der Waals surface area contributed by atoms with E-state index in [4.69, 9.17) is 27.9 Å². The van der Waals surface area contributed by atoms with Gasteiger partial charge in [-0.15, -0.1) is 0 Å². The predicted octanol–water partition coefficient (Wildman–Crippen LogP) is 2.65. The number of ether oxygens (including phenoxy) is 1. The van der Waals surface area contributed by atoms with Crippen LogP contribution in [0.25, 0.3) is 0 Å². The van der Waals surface area contributed by atoms with E-state index in [0.29, 0.717) is 15.8 Å². The normalized spacial score (nSPS) is 21.8. The molecule has 1 aromatic carbocycles. The van der Waals surface area contributed by atoms with Crippen molar-refractivity contribution in [2.45, 2.75) is 25.3 Å². The summed E-state index contributed by atoms with van der Waals surface area (Å²) in [7, 11) is 0. The molecule has 1 fully saturated rings. The van der Waals surface area contributed by atoms with E-state index in [9.17, 15) is 9.90 Å². The van der Waals surface area contributed by atoms with Crippen molar-refractivity contribution in [3.63, 3.8) is 0 Å². The number of hydrogen-bond acceptors (Lipinski definition) is 3. The number of amides is 1. The minimum atomic E-state index is -0.202. The van der Waals surface area contributed by atoms with Crippen LogP contribution in [0, 0.1) is 5.92 Å². The second-order valence-electron chi connectivity index (χ2n) is 4.94. The summed E-state index contributed by atoms with van der Waals surface area (Å²) in [6, 6.07) is 4.85. The van der Waals surface area contributed by atoms with E-state index in [1.165, 1.54) is 0 Å². The largest absolute Gasteiger partial charge is 0.484 e. The van der Waals surface area contributed by atoms with Gasteiger partial charge in [0.15, 0.2) is 6.61 Å². The average molecular weight is 318 g/mol. The minimum Gasteiger partial charge on any atom is -0.484 e. The average Bonchev–Trinajstić information content (AvgIpc) is 2.82. The third-order valence-electron chi connectivity index (χ3n) is 3.45. The number of carbonyl (C=O) groups is 1. The molecular weight excluding hydrogens is 301 g/mol. The second-order valence-corrected chi connectivity index (χ2v) is 5.81. The van der Waals surface area contributed by atoms with Crippen molar-refractivity contribution in [3.05, 3.63) is 28.2 Å². The monoisotopic (exact) mass is 317 g/mol. The van der Waals surface area contributed by atoms with E-state index in [2.05, 4.69) is 5.32 Å². The van der Waals surface area contributed by atoms with E-state index >= 15 is 0 Å². The van der Waals surface area contributed by atoms with Gasteiger partial charge in [0.25, 0.3) is 5.91 Å². The first-order valence-corrected chi connectivity index (χ1v) is 7.33. The van der Waals surface area contributed by atoms with E-state index < -0.39 is 0 Å². The molecule has 4 nitrogen and oxygen atoms in total. The topological polar surface area (TPSA) is 58.6 Å². The number of rotatable bonds is 5. The molecule has 1 amide bonds. The molecule has 6 heteroatoms. The summed E-state index contributed by atoms with van der Waals surface area (Å²) < 4.78 is 5.37. The highest BCUT2D eigenvalue weighted by atomic mass is 35.5. The van der Waals surface area contributed by atoms with Gasteiger partial charge in [-0.3, -0.25) is 4.79 Å². The van der Waals surface area contributed by atoms with Crippen molar-refractivity contribution >= 4 is 29.1 Å². The molecule has 0 radical (unpaired) electrons. The van der Waals surface area contributed by atoms with Gasteiger partial charge >= 0.3 is 0 Å². The van der Waals surface area contributed by atoms with E-state index in [1.807, 2.05) is 0 Å². The zero-order valence-electron chi connectivity index (χ0n) is 10.9. The lowest BCUT2D eigenvalue weighted by Crippen LogP contribution is -2.40. The molecule has 0 aromatic heterocycles. The highest BCUT2D eigenvalue weighted by Crippen LogP contribution is 2.25. The highest BCUT2D eigenvalue weighted by molar-refractivity contribution is 6.34. The lowest BCUT2D eigenvalue weighted by atomic mass is 10.1. The molecule has 1 aliphatic carbocycles. The molecule has 2 unspecified atom stereocenters. The Bertz CT molecular complexity index is 461. The van der Waals surface area contributed by atoms with Crippen LogP contribution in [0.2, 0.25) is 10.0 Å². The van der Waals surface area contributed by atoms with Crippen molar-refractivity contribution in [2.24, 2.45) is 5.92 Å². The zero-order chi connectivity index (χ0) is 14.5. The van der Waals surface area contributed by atoms with Crippen molar-refractivity contribution in [1.82, 2.24) is 5.32 Å². The molecule has 1 aromatic rings. The maximum Gasteiger partial charge on any atom is 0.258 e. The first-order valence-electron chi connectivity index (χ1n) is 6.57. The highest BCUT2D eigenvalue weighted by Gasteiger charge is 2.27. The van der Waals surface area contributed by atoms with Gasteiger partial charge in [-0.1, -0.05) is 29.6 Å². The van der Waals surface area contributed by atoms with Crippen molar-refractivity contribution < 1.29 is 14.6 Å². The van der Waals surface area contributed by atoms with Gasteiger partial charge in [-0.25, -0.2) is 0 Å². The summed E-state index contributed by atoms with van der Waals surface area (Å²) in [6.07, 6.45) is 2.88. The third-order valence-corrected chi connectivity index (χ3v) is 3.88. The minimum absolute atomic E-state index is 0.0408. The summed E-state index contributed by atoms with van der Waals surface area (Å²) in [5, 5.41) is 13.0. The van der Waals surface area contributed by atoms with Crippen molar-refractivity contribution in [2.75, 3.05) is 13.2 Å². The lowest BCUT2D eigenvalue weighted by Gasteiger charge is -2.19. The molecule has 1 aliphatic rings. The summed E-state index contributed by atoms with van der Waals surface area (Å²) in [5.41, 5.74) is 0. The van der Waals surface area contributed by atoms with Crippen LogP contribution in [0.3, 0.4) is 0 Å². The van der Waals surface area contributed by atoms with Gasteiger partial charge < -0.3 is 15.2 Å². The molecule has 2 rings (SSSR count).